The summed E-state index contributed by atoms with van der Waals surface area (Å²) in [7, 11) is 1.85. The van der Waals surface area contributed by atoms with Gasteiger partial charge in [0.25, 0.3) is 0 Å². The lowest BCUT2D eigenvalue weighted by atomic mass is 9.84. The summed E-state index contributed by atoms with van der Waals surface area (Å²) in [6.07, 6.45) is 2.12. The zero-order valence-electron chi connectivity index (χ0n) is 10.8. The van der Waals surface area contributed by atoms with Crippen LogP contribution in [0.15, 0.2) is 18.2 Å². The van der Waals surface area contributed by atoms with E-state index in [1.807, 2.05) is 7.05 Å². The van der Waals surface area contributed by atoms with Crippen molar-refractivity contribution in [3.8, 4) is 0 Å². The zero-order chi connectivity index (χ0) is 12.8. The third-order valence-corrected chi connectivity index (χ3v) is 3.22. The molecule has 0 aliphatic rings. The number of rotatable bonds is 6. The molecule has 0 heterocycles. The van der Waals surface area contributed by atoms with Gasteiger partial charge in [-0.05, 0) is 24.6 Å². The molecule has 0 aliphatic heterocycles. The normalized spacial score (nSPS) is 14.6. The third-order valence-electron chi connectivity index (χ3n) is 3.22. The van der Waals surface area contributed by atoms with Crippen molar-refractivity contribution in [2.24, 2.45) is 5.92 Å². The fourth-order valence-electron chi connectivity index (χ4n) is 2.30. The van der Waals surface area contributed by atoms with Crippen LogP contribution in [0.1, 0.15) is 38.2 Å². The minimum absolute atomic E-state index is 0.0977. The fourth-order valence-corrected chi connectivity index (χ4v) is 2.30. The van der Waals surface area contributed by atoms with Gasteiger partial charge in [0.05, 0.1) is 0 Å². The van der Waals surface area contributed by atoms with Gasteiger partial charge in [-0.2, -0.15) is 0 Å². The first kappa shape index (κ1) is 14.1. The van der Waals surface area contributed by atoms with Gasteiger partial charge in [-0.1, -0.05) is 32.8 Å². The van der Waals surface area contributed by atoms with E-state index in [1.165, 1.54) is 6.07 Å². The molecule has 1 nitrogen and oxygen atoms in total. The molecule has 1 N–H and O–H groups in total. The van der Waals surface area contributed by atoms with Crippen molar-refractivity contribution in [3.63, 3.8) is 0 Å². The van der Waals surface area contributed by atoms with Gasteiger partial charge in [0, 0.05) is 18.5 Å². The van der Waals surface area contributed by atoms with Gasteiger partial charge in [0.15, 0.2) is 0 Å². The molecule has 0 fully saturated rings. The molecule has 1 rings (SSSR count). The van der Waals surface area contributed by atoms with E-state index in [-0.39, 0.29) is 5.92 Å². The first-order valence-corrected chi connectivity index (χ1v) is 6.19. The number of hydrogen-bond acceptors (Lipinski definition) is 1. The van der Waals surface area contributed by atoms with Crippen molar-refractivity contribution < 1.29 is 8.78 Å². The van der Waals surface area contributed by atoms with Crippen LogP contribution in [0, 0.1) is 17.6 Å². The maximum absolute atomic E-state index is 13.8. The Balaban J connectivity index is 2.96. The molecule has 17 heavy (non-hydrogen) atoms. The Morgan fingerprint density at radius 3 is 2.53 bits per heavy atom. The summed E-state index contributed by atoms with van der Waals surface area (Å²) in [4.78, 5) is 0. The monoisotopic (exact) mass is 241 g/mol. The highest BCUT2D eigenvalue weighted by Crippen LogP contribution is 2.29. The molecular formula is C14H21F2N. The van der Waals surface area contributed by atoms with Gasteiger partial charge in [-0.3, -0.25) is 0 Å². The summed E-state index contributed by atoms with van der Waals surface area (Å²) in [5.74, 6) is -0.473. The lowest BCUT2D eigenvalue weighted by molar-refractivity contribution is 0.399. The lowest BCUT2D eigenvalue weighted by Crippen LogP contribution is -2.23. The van der Waals surface area contributed by atoms with E-state index in [0.717, 1.165) is 18.9 Å². The van der Waals surface area contributed by atoms with Crippen molar-refractivity contribution in [2.75, 3.05) is 13.6 Å². The van der Waals surface area contributed by atoms with Crippen LogP contribution in [0.3, 0.4) is 0 Å². The molecule has 96 valence electrons. The molecule has 0 saturated heterocycles. The predicted molar refractivity (Wildman–Crippen MR) is 67.1 cm³/mol. The first-order chi connectivity index (χ1) is 8.10. The average molecular weight is 241 g/mol. The number of likely N-dealkylation sites (N-methyl/N-ethyl adjacent to an activating group) is 1. The van der Waals surface area contributed by atoms with E-state index in [0.29, 0.717) is 18.0 Å². The molecule has 0 aliphatic carbocycles. The van der Waals surface area contributed by atoms with Gasteiger partial charge >= 0.3 is 0 Å². The SMILES string of the molecule is CCCC(C)C(CNC)c1ccc(F)cc1F. The topological polar surface area (TPSA) is 12.0 Å². The van der Waals surface area contributed by atoms with Crippen LogP contribution in [0.2, 0.25) is 0 Å². The summed E-state index contributed by atoms with van der Waals surface area (Å²) in [5.41, 5.74) is 0.613. The number of halogens is 2. The van der Waals surface area contributed by atoms with Crippen LogP contribution in [0.5, 0.6) is 0 Å². The van der Waals surface area contributed by atoms with Crippen LogP contribution in [0.25, 0.3) is 0 Å². The second-order valence-electron chi connectivity index (χ2n) is 4.60. The van der Waals surface area contributed by atoms with E-state index >= 15 is 0 Å². The van der Waals surface area contributed by atoms with E-state index in [9.17, 15) is 8.78 Å². The summed E-state index contributed by atoms with van der Waals surface area (Å²) in [6, 6.07) is 3.87. The maximum atomic E-state index is 13.8. The quantitative estimate of drug-likeness (QED) is 0.800. The molecule has 1 aromatic rings. The summed E-state index contributed by atoms with van der Waals surface area (Å²) < 4.78 is 26.6. The molecule has 3 heteroatoms. The Bertz CT molecular complexity index is 352. The Morgan fingerprint density at radius 1 is 1.29 bits per heavy atom. The van der Waals surface area contributed by atoms with Crippen molar-refractivity contribution >= 4 is 0 Å². The Morgan fingerprint density at radius 2 is 2.00 bits per heavy atom. The highest BCUT2D eigenvalue weighted by molar-refractivity contribution is 5.23. The highest BCUT2D eigenvalue weighted by atomic mass is 19.1. The van der Waals surface area contributed by atoms with Gasteiger partial charge in [-0.25, -0.2) is 8.78 Å². The molecule has 0 spiro atoms. The van der Waals surface area contributed by atoms with E-state index in [4.69, 9.17) is 0 Å². The summed E-state index contributed by atoms with van der Waals surface area (Å²) in [5, 5.41) is 3.09. The highest BCUT2D eigenvalue weighted by Gasteiger charge is 2.21. The molecule has 0 amide bonds. The molecule has 1 aromatic carbocycles. The second kappa shape index (κ2) is 6.70. The fraction of sp³-hybridized carbons (Fsp3) is 0.571. The van der Waals surface area contributed by atoms with Crippen LogP contribution in [-0.2, 0) is 0 Å². The summed E-state index contributed by atoms with van der Waals surface area (Å²) >= 11 is 0. The molecule has 2 atom stereocenters. The first-order valence-electron chi connectivity index (χ1n) is 6.19. The van der Waals surface area contributed by atoms with Crippen molar-refractivity contribution in [3.05, 3.63) is 35.4 Å². The van der Waals surface area contributed by atoms with E-state index in [1.54, 1.807) is 6.07 Å². The molecule has 0 aromatic heterocycles. The minimum Gasteiger partial charge on any atom is -0.319 e. The third kappa shape index (κ3) is 3.77. The smallest absolute Gasteiger partial charge is 0.129 e. The Labute approximate surface area is 102 Å². The largest absolute Gasteiger partial charge is 0.319 e. The van der Waals surface area contributed by atoms with Gasteiger partial charge < -0.3 is 5.32 Å². The Kier molecular flexibility index (Phi) is 5.56. The molecule has 2 unspecified atom stereocenters. The molecular weight excluding hydrogens is 220 g/mol. The number of benzene rings is 1. The van der Waals surface area contributed by atoms with Crippen LogP contribution in [-0.4, -0.2) is 13.6 Å². The lowest BCUT2D eigenvalue weighted by Gasteiger charge is -2.24. The zero-order valence-corrected chi connectivity index (χ0v) is 10.8. The van der Waals surface area contributed by atoms with E-state index < -0.39 is 11.6 Å². The van der Waals surface area contributed by atoms with Gasteiger partial charge in [0.2, 0.25) is 0 Å². The van der Waals surface area contributed by atoms with Crippen LogP contribution >= 0.6 is 0 Å². The molecule has 0 radical (unpaired) electrons. The predicted octanol–water partition coefficient (Wildman–Crippen LogP) is 3.70. The minimum atomic E-state index is -0.516. The van der Waals surface area contributed by atoms with Crippen LogP contribution < -0.4 is 5.32 Å². The van der Waals surface area contributed by atoms with Gasteiger partial charge in [0.1, 0.15) is 11.6 Å². The number of hydrogen-bond donors (Lipinski definition) is 1. The molecule has 0 bridgehead atoms. The molecule has 0 saturated carbocycles. The van der Waals surface area contributed by atoms with Crippen LogP contribution in [0.4, 0.5) is 8.78 Å². The van der Waals surface area contributed by atoms with Gasteiger partial charge in [-0.15, -0.1) is 0 Å². The van der Waals surface area contributed by atoms with E-state index in [2.05, 4.69) is 19.2 Å². The standard InChI is InChI=1S/C14H21F2N/c1-4-5-10(2)13(9-17-3)12-7-6-11(15)8-14(12)16/h6-8,10,13,17H,4-5,9H2,1-3H3. The summed E-state index contributed by atoms with van der Waals surface area (Å²) in [6.45, 7) is 4.95. The average Bonchev–Trinajstić information content (AvgIpc) is 2.27. The second-order valence-corrected chi connectivity index (χ2v) is 4.60. The van der Waals surface area contributed by atoms with Crippen molar-refractivity contribution in [2.45, 2.75) is 32.6 Å². The Hall–Kier alpha value is -0.960. The van der Waals surface area contributed by atoms with Crippen molar-refractivity contribution in [1.82, 2.24) is 5.32 Å². The maximum Gasteiger partial charge on any atom is 0.129 e. The number of nitrogens with one attached hydrogen (secondary N) is 1. The van der Waals surface area contributed by atoms with Crippen molar-refractivity contribution in [1.29, 1.82) is 0 Å².